The van der Waals surface area contributed by atoms with Gasteiger partial charge >= 0.3 is 35.2 Å². The Labute approximate surface area is 86.2 Å². The molecule has 0 aliphatic heterocycles. The van der Waals surface area contributed by atoms with Crippen LogP contribution >= 0.6 is 0 Å². The van der Waals surface area contributed by atoms with Crippen molar-refractivity contribution in [2.45, 2.75) is 12.8 Å². The van der Waals surface area contributed by atoms with Gasteiger partial charge in [0.05, 0.1) is 6.42 Å². The molecule has 70 valence electrons. The van der Waals surface area contributed by atoms with Gasteiger partial charge in [-0.25, -0.2) is 0 Å². The van der Waals surface area contributed by atoms with Gasteiger partial charge in [-0.2, -0.15) is 8.42 Å². The fraction of sp³-hybridized carbons (Fsp3) is 0.500. The fourth-order valence-electron chi connectivity index (χ4n) is 0.363. The van der Waals surface area contributed by atoms with Gasteiger partial charge in [-0.3, -0.25) is 9.35 Å². The van der Waals surface area contributed by atoms with Gasteiger partial charge in [-0.1, -0.05) is 0 Å². The minimum atomic E-state index is -4.83. The maximum absolute atomic E-state index is 10.3. The van der Waals surface area contributed by atoms with Crippen LogP contribution in [-0.2, 0) is 24.2 Å². The number of carbonyl (C=O) groups is 2. The molecular formula is C4H5LiO7S. The second-order valence-corrected chi connectivity index (χ2v) is 2.78. The molecule has 0 aromatic rings. The monoisotopic (exact) mass is 204 g/mol. The van der Waals surface area contributed by atoms with Crippen molar-refractivity contribution in [3.05, 3.63) is 0 Å². The molecule has 0 heterocycles. The van der Waals surface area contributed by atoms with E-state index >= 15 is 0 Å². The van der Waals surface area contributed by atoms with Crippen LogP contribution < -0.4 is 24.0 Å². The molecule has 0 aromatic carbocycles. The second-order valence-electron chi connectivity index (χ2n) is 1.76. The summed E-state index contributed by atoms with van der Waals surface area (Å²) in [5.74, 6) is -2.86. The third kappa shape index (κ3) is 11.4. The Morgan fingerprint density at radius 3 is 2.08 bits per heavy atom. The zero-order valence-electron chi connectivity index (χ0n) is 6.72. The quantitative estimate of drug-likeness (QED) is 0.359. The first-order valence-electron chi connectivity index (χ1n) is 2.71. The summed E-state index contributed by atoms with van der Waals surface area (Å²) in [5.41, 5.74) is 0. The van der Waals surface area contributed by atoms with Crippen LogP contribution in [0.15, 0.2) is 0 Å². The molecule has 0 amide bonds. The molecule has 0 rings (SSSR count). The molecule has 0 saturated heterocycles. The number of hydrogen-bond acceptors (Lipinski definition) is 6. The molecule has 0 aliphatic carbocycles. The summed E-state index contributed by atoms with van der Waals surface area (Å²) in [6.07, 6.45) is -1.32. The number of carboxylic acid groups (broad SMARTS) is 1. The van der Waals surface area contributed by atoms with Crippen LogP contribution in [0.5, 0.6) is 0 Å². The molecule has 0 radical (unpaired) electrons. The van der Waals surface area contributed by atoms with Crippen LogP contribution in [0.1, 0.15) is 12.8 Å². The predicted molar refractivity (Wildman–Crippen MR) is 31.9 cm³/mol. The van der Waals surface area contributed by atoms with Crippen molar-refractivity contribution in [1.29, 1.82) is 0 Å². The van der Waals surface area contributed by atoms with Crippen LogP contribution in [0.4, 0.5) is 0 Å². The van der Waals surface area contributed by atoms with E-state index in [0.29, 0.717) is 0 Å². The SMILES string of the molecule is O=C([O-])CCC(=O)OS(=O)(=O)O.[Li+]. The van der Waals surface area contributed by atoms with Crippen LogP contribution in [0.2, 0.25) is 0 Å². The van der Waals surface area contributed by atoms with Crippen molar-refractivity contribution < 1.29 is 50.7 Å². The molecule has 13 heavy (non-hydrogen) atoms. The van der Waals surface area contributed by atoms with Gasteiger partial charge in [-0.05, 0) is 6.42 Å². The topological polar surface area (TPSA) is 121 Å². The van der Waals surface area contributed by atoms with Gasteiger partial charge in [0, 0.05) is 5.97 Å². The van der Waals surface area contributed by atoms with E-state index in [2.05, 4.69) is 4.18 Å². The van der Waals surface area contributed by atoms with Gasteiger partial charge in [0.2, 0.25) is 0 Å². The van der Waals surface area contributed by atoms with Crippen molar-refractivity contribution in [1.82, 2.24) is 0 Å². The third-order valence-corrected chi connectivity index (χ3v) is 1.13. The molecule has 0 aliphatic rings. The molecule has 0 aromatic heterocycles. The van der Waals surface area contributed by atoms with E-state index in [1.807, 2.05) is 0 Å². The van der Waals surface area contributed by atoms with E-state index in [1.165, 1.54) is 0 Å². The molecule has 0 saturated carbocycles. The smallest absolute Gasteiger partial charge is 0.550 e. The Kier molecular flexibility index (Phi) is 6.88. The Balaban J connectivity index is 0. The third-order valence-electron chi connectivity index (χ3n) is 0.732. The number of aliphatic carboxylic acids is 1. The average Bonchev–Trinajstić information content (AvgIpc) is 1.79. The molecule has 9 heteroatoms. The van der Waals surface area contributed by atoms with Gasteiger partial charge in [0.25, 0.3) is 0 Å². The summed E-state index contributed by atoms with van der Waals surface area (Å²) in [6, 6.07) is 0. The van der Waals surface area contributed by atoms with Gasteiger partial charge < -0.3 is 14.1 Å². The molecule has 0 bridgehead atoms. The van der Waals surface area contributed by atoms with Gasteiger partial charge in [0.15, 0.2) is 0 Å². The van der Waals surface area contributed by atoms with Crippen LogP contribution in [-0.4, -0.2) is 24.9 Å². The normalized spacial score (nSPS) is 9.92. The number of carbonyl (C=O) groups excluding carboxylic acids is 2. The zero-order chi connectivity index (χ0) is 9.78. The van der Waals surface area contributed by atoms with Crippen molar-refractivity contribution in [3.8, 4) is 0 Å². The van der Waals surface area contributed by atoms with Gasteiger partial charge in [0.1, 0.15) is 0 Å². The van der Waals surface area contributed by atoms with E-state index in [9.17, 15) is 23.1 Å². The van der Waals surface area contributed by atoms with E-state index < -0.39 is 35.2 Å². The molecular weight excluding hydrogens is 199 g/mol. The molecule has 0 unspecified atom stereocenters. The first-order chi connectivity index (χ1) is 5.31. The second kappa shape index (κ2) is 5.99. The van der Waals surface area contributed by atoms with Crippen LogP contribution in [0.25, 0.3) is 0 Å². The van der Waals surface area contributed by atoms with Crippen LogP contribution in [0, 0.1) is 0 Å². The first kappa shape index (κ1) is 14.9. The Bertz CT molecular complexity index is 281. The summed E-state index contributed by atoms with van der Waals surface area (Å²) in [4.78, 5) is 20.0. The summed E-state index contributed by atoms with van der Waals surface area (Å²) >= 11 is 0. The Hall–Kier alpha value is -0.553. The molecule has 1 N–H and O–H groups in total. The number of rotatable bonds is 4. The van der Waals surface area contributed by atoms with E-state index in [0.717, 1.165) is 0 Å². The largest absolute Gasteiger partial charge is 1.00 e. The molecule has 7 nitrogen and oxygen atoms in total. The molecule has 0 atom stereocenters. The standard InChI is InChI=1S/C4H6O7S.Li/c5-3(6)1-2-4(7)11-12(8,9)10;/h1-2H2,(H,5,6)(H,8,9,10);/q;+1/p-1. The van der Waals surface area contributed by atoms with E-state index in [-0.39, 0.29) is 18.9 Å². The van der Waals surface area contributed by atoms with Crippen molar-refractivity contribution in [2.24, 2.45) is 0 Å². The maximum atomic E-state index is 10.3. The Morgan fingerprint density at radius 1 is 1.31 bits per heavy atom. The summed E-state index contributed by atoms with van der Waals surface area (Å²) < 4.78 is 31.0. The average molecular weight is 204 g/mol. The summed E-state index contributed by atoms with van der Waals surface area (Å²) in [7, 11) is -4.83. The summed E-state index contributed by atoms with van der Waals surface area (Å²) in [6.45, 7) is 0. The Morgan fingerprint density at radius 2 is 1.77 bits per heavy atom. The van der Waals surface area contributed by atoms with Crippen molar-refractivity contribution in [2.75, 3.05) is 0 Å². The summed E-state index contributed by atoms with van der Waals surface area (Å²) in [5, 5.41) is 9.74. The van der Waals surface area contributed by atoms with E-state index in [1.54, 1.807) is 0 Å². The van der Waals surface area contributed by atoms with Crippen LogP contribution in [0.3, 0.4) is 0 Å². The fourth-order valence-corrected chi connectivity index (χ4v) is 0.681. The minimum Gasteiger partial charge on any atom is -0.550 e. The molecule has 0 spiro atoms. The minimum absolute atomic E-state index is 0. The van der Waals surface area contributed by atoms with Crippen molar-refractivity contribution in [3.63, 3.8) is 0 Å². The molecule has 0 fully saturated rings. The van der Waals surface area contributed by atoms with Crippen molar-refractivity contribution >= 4 is 22.3 Å². The first-order valence-corrected chi connectivity index (χ1v) is 4.07. The zero-order valence-corrected chi connectivity index (χ0v) is 7.54. The maximum Gasteiger partial charge on any atom is 1.00 e. The van der Waals surface area contributed by atoms with Gasteiger partial charge in [-0.15, -0.1) is 0 Å². The van der Waals surface area contributed by atoms with E-state index in [4.69, 9.17) is 4.55 Å². The number of carboxylic acids is 1. The number of hydrogen-bond donors (Lipinski definition) is 1. The predicted octanol–water partition coefficient (Wildman–Crippen LogP) is -5.13.